The van der Waals surface area contributed by atoms with Crippen molar-refractivity contribution in [2.24, 2.45) is 4.99 Å². The number of rotatable bonds is 6. The summed E-state index contributed by atoms with van der Waals surface area (Å²) < 4.78 is 32.1. The molecule has 146 valence electrons. The van der Waals surface area contributed by atoms with E-state index >= 15 is 0 Å². The van der Waals surface area contributed by atoms with Gasteiger partial charge in [-0.15, -0.1) is 0 Å². The second-order valence-corrected chi connectivity index (χ2v) is 6.29. The number of guanidine groups is 1. The number of aliphatic imine (C=N–C) groups is 1. The summed E-state index contributed by atoms with van der Waals surface area (Å²) >= 11 is 5.87. The molecule has 0 aliphatic carbocycles. The molecule has 0 fully saturated rings. The van der Waals surface area contributed by atoms with Gasteiger partial charge < -0.3 is 15.2 Å². The van der Waals surface area contributed by atoms with Gasteiger partial charge in [-0.2, -0.15) is 4.98 Å². The second-order valence-electron chi connectivity index (χ2n) is 5.86. The number of aromatic nitrogens is 2. The van der Waals surface area contributed by atoms with Crippen LogP contribution in [0.15, 0.2) is 52.0 Å². The summed E-state index contributed by atoms with van der Waals surface area (Å²) in [5, 5.41) is 10.6. The standard InChI is InChI=1S/C19H18ClF2N5O/c1-23-19(25-11-13-10-15(21)6-7-16(13)22)24-9-8-17-26-18(27-28-17)12-2-4-14(20)5-3-12/h2-7,10H,8-9,11H2,1H3,(H2,23,24,25). The van der Waals surface area contributed by atoms with E-state index in [0.29, 0.717) is 35.7 Å². The fraction of sp³-hybridized carbons (Fsp3) is 0.211. The quantitative estimate of drug-likeness (QED) is 0.484. The van der Waals surface area contributed by atoms with Crippen molar-refractivity contribution in [3.8, 4) is 11.4 Å². The van der Waals surface area contributed by atoms with Crippen molar-refractivity contribution in [1.29, 1.82) is 0 Å². The minimum absolute atomic E-state index is 0.102. The molecule has 1 heterocycles. The highest BCUT2D eigenvalue weighted by Crippen LogP contribution is 2.18. The van der Waals surface area contributed by atoms with E-state index in [1.165, 1.54) is 0 Å². The van der Waals surface area contributed by atoms with Crippen LogP contribution in [0.4, 0.5) is 8.78 Å². The molecule has 0 aliphatic rings. The van der Waals surface area contributed by atoms with Crippen LogP contribution in [0, 0.1) is 11.6 Å². The highest BCUT2D eigenvalue weighted by atomic mass is 35.5. The van der Waals surface area contributed by atoms with Gasteiger partial charge in [-0.25, -0.2) is 8.78 Å². The largest absolute Gasteiger partial charge is 0.356 e. The summed E-state index contributed by atoms with van der Waals surface area (Å²) in [5.74, 6) is 0.417. The number of nitrogens with zero attached hydrogens (tertiary/aromatic N) is 3. The molecule has 3 rings (SSSR count). The predicted octanol–water partition coefficient (Wildman–Crippen LogP) is 3.58. The minimum Gasteiger partial charge on any atom is -0.356 e. The van der Waals surface area contributed by atoms with Crippen molar-refractivity contribution in [3.05, 3.63) is 70.6 Å². The van der Waals surface area contributed by atoms with Gasteiger partial charge in [0.1, 0.15) is 11.6 Å². The smallest absolute Gasteiger partial charge is 0.228 e. The molecule has 0 spiro atoms. The van der Waals surface area contributed by atoms with Crippen molar-refractivity contribution in [3.63, 3.8) is 0 Å². The maximum absolute atomic E-state index is 13.7. The molecule has 6 nitrogen and oxygen atoms in total. The predicted molar refractivity (Wildman–Crippen MR) is 103 cm³/mol. The highest BCUT2D eigenvalue weighted by Gasteiger charge is 2.09. The normalized spacial score (nSPS) is 11.5. The molecule has 1 aromatic heterocycles. The van der Waals surface area contributed by atoms with Crippen LogP contribution in [0.25, 0.3) is 11.4 Å². The first-order valence-corrected chi connectivity index (χ1v) is 8.90. The molecule has 0 saturated carbocycles. The molecule has 0 radical (unpaired) electrons. The van der Waals surface area contributed by atoms with E-state index in [-0.39, 0.29) is 12.1 Å². The zero-order valence-corrected chi connectivity index (χ0v) is 15.8. The Morgan fingerprint density at radius 3 is 2.68 bits per heavy atom. The molecule has 3 aromatic rings. The number of nitrogens with one attached hydrogen (secondary N) is 2. The van der Waals surface area contributed by atoms with Crippen molar-refractivity contribution < 1.29 is 13.3 Å². The molecule has 2 N–H and O–H groups in total. The topological polar surface area (TPSA) is 75.3 Å². The molecule has 2 aromatic carbocycles. The lowest BCUT2D eigenvalue weighted by Crippen LogP contribution is -2.38. The van der Waals surface area contributed by atoms with Crippen LogP contribution in [0.3, 0.4) is 0 Å². The van der Waals surface area contributed by atoms with E-state index in [1.54, 1.807) is 19.2 Å². The maximum Gasteiger partial charge on any atom is 0.228 e. The van der Waals surface area contributed by atoms with Gasteiger partial charge >= 0.3 is 0 Å². The minimum atomic E-state index is -0.492. The molecule has 0 saturated heterocycles. The van der Waals surface area contributed by atoms with Gasteiger partial charge in [-0.1, -0.05) is 16.8 Å². The molecular weight excluding hydrogens is 388 g/mol. The lowest BCUT2D eigenvalue weighted by molar-refractivity contribution is 0.378. The molecule has 0 amide bonds. The monoisotopic (exact) mass is 405 g/mol. The fourth-order valence-electron chi connectivity index (χ4n) is 2.44. The number of hydrogen-bond donors (Lipinski definition) is 2. The third kappa shape index (κ3) is 5.26. The summed E-state index contributed by atoms with van der Waals surface area (Å²) in [6.07, 6.45) is 0.468. The zero-order valence-electron chi connectivity index (χ0n) is 15.0. The van der Waals surface area contributed by atoms with Crippen LogP contribution in [-0.4, -0.2) is 29.7 Å². The average molecular weight is 406 g/mol. The summed E-state index contributed by atoms with van der Waals surface area (Å²) in [6, 6.07) is 10.5. The summed E-state index contributed by atoms with van der Waals surface area (Å²) in [4.78, 5) is 8.38. The molecule has 0 bridgehead atoms. The fourth-order valence-corrected chi connectivity index (χ4v) is 2.56. The Labute approximate surface area is 165 Å². The lowest BCUT2D eigenvalue weighted by Gasteiger charge is -2.11. The Hall–Kier alpha value is -3.00. The van der Waals surface area contributed by atoms with Gasteiger partial charge in [0.15, 0.2) is 5.96 Å². The third-order valence-corrected chi connectivity index (χ3v) is 4.13. The molecule has 0 atom stereocenters. The number of hydrogen-bond acceptors (Lipinski definition) is 4. The van der Waals surface area contributed by atoms with E-state index in [0.717, 1.165) is 23.8 Å². The summed E-state index contributed by atoms with van der Waals surface area (Å²) in [7, 11) is 1.59. The van der Waals surface area contributed by atoms with Crippen LogP contribution in [0.1, 0.15) is 11.5 Å². The third-order valence-electron chi connectivity index (χ3n) is 3.88. The lowest BCUT2D eigenvalue weighted by atomic mass is 10.2. The molecular formula is C19H18ClF2N5O. The average Bonchev–Trinajstić information content (AvgIpc) is 3.16. The molecule has 0 unspecified atom stereocenters. The highest BCUT2D eigenvalue weighted by molar-refractivity contribution is 6.30. The van der Waals surface area contributed by atoms with Crippen LogP contribution < -0.4 is 10.6 Å². The Bertz CT molecular complexity index is 959. The van der Waals surface area contributed by atoms with Crippen molar-refractivity contribution in [2.75, 3.05) is 13.6 Å². The van der Waals surface area contributed by atoms with E-state index in [9.17, 15) is 8.78 Å². The van der Waals surface area contributed by atoms with Crippen molar-refractivity contribution >= 4 is 17.6 Å². The Morgan fingerprint density at radius 2 is 1.93 bits per heavy atom. The Balaban J connectivity index is 1.49. The number of halogens is 3. The first-order valence-electron chi connectivity index (χ1n) is 8.52. The van der Waals surface area contributed by atoms with Crippen LogP contribution >= 0.6 is 11.6 Å². The van der Waals surface area contributed by atoms with Gasteiger partial charge in [-0.3, -0.25) is 4.99 Å². The van der Waals surface area contributed by atoms with Crippen LogP contribution in [-0.2, 0) is 13.0 Å². The summed E-state index contributed by atoms with van der Waals surface area (Å²) in [5.41, 5.74) is 1.02. The first-order chi connectivity index (χ1) is 13.5. The van der Waals surface area contributed by atoms with Crippen molar-refractivity contribution in [2.45, 2.75) is 13.0 Å². The van der Waals surface area contributed by atoms with Crippen molar-refractivity contribution in [1.82, 2.24) is 20.8 Å². The Kier molecular flexibility index (Phi) is 6.54. The van der Waals surface area contributed by atoms with E-state index in [2.05, 4.69) is 25.8 Å². The first kappa shape index (κ1) is 19.8. The maximum atomic E-state index is 13.7. The van der Waals surface area contributed by atoms with Gasteiger partial charge in [0, 0.05) is 42.7 Å². The Morgan fingerprint density at radius 1 is 1.14 bits per heavy atom. The number of benzene rings is 2. The van der Waals surface area contributed by atoms with Gasteiger partial charge in [0.25, 0.3) is 0 Å². The zero-order chi connectivity index (χ0) is 19.9. The van der Waals surface area contributed by atoms with Gasteiger partial charge in [-0.05, 0) is 42.5 Å². The second kappa shape index (κ2) is 9.27. The van der Waals surface area contributed by atoms with Crippen LogP contribution in [0.5, 0.6) is 0 Å². The molecule has 28 heavy (non-hydrogen) atoms. The van der Waals surface area contributed by atoms with Gasteiger partial charge in [0.2, 0.25) is 11.7 Å². The molecule has 0 aliphatic heterocycles. The van der Waals surface area contributed by atoms with E-state index in [4.69, 9.17) is 16.1 Å². The van der Waals surface area contributed by atoms with E-state index < -0.39 is 11.6 Å². The SMILES string of the molecule is CN=C(NCCc1nc(-c2ccc(Cl)cc2)no1)NCc1cc(F)ccc1F. The summed E-state index contributed by atoms with van der Waals surface area (Å²) in [6.45, 7) is 0.568. The van der Waals surface area contributed by atoms with E-state index in [1.807, 2.05) is 12.1 Å². The van der Waals surface area contributed by atoms with Gasteiger partial charge in [0.05, 0.1) is 0 Å². The van der Waals surface area contributed by atoms with Crippen LogP contribution in [0.2, 0.25) is 5.02 Å². The molecule has 9 heteroatoms.